The van der Waals surface area contributed by atoms with Crippen molar-refractivity contribution in [1.29, 1.82) is 0 Å². The third-order valence-corrected chi connectivity index (χ3v) is 6.19. The normalized spacial score (nSPS) is 15.6. The SMILES string of the molecule is Cc1ccc(C2c3sccc3CCN2C=O)c(Cl)c1.Cc1ccc(Cl)cc1. The minimum absolute atomic E-state index is 0.0330. The first kappa shape index (κ1) is 19.9. The van der Waals surface area contributed by atoms with E-state index in [0.29, 0.717) is 0 Å². The molecule has 140 valence electrons. The molecule has 0 radical (unpaired) electrons. The average molecular weight is 418 g/mol. The summed E-state index contributed by atoms with van der Waals surface area (Å²) in [5.74, 6) is 0. The van der Waals surface area contributed by atoms with Gasteiger partial charge in [0.2, 0.25) is 6.41 Å². The third-order valence-electron chi connectivity index (χ3n) is 4.60. The van der Waals surface area contributed by atoms with Gasteiger partial charge in [-0.05, 0) is 66.6 Å². The molecule has 0 N–H and O–H groups in total. The molecule has 0 saturated heterocycles. The van der Waals surface area contributed by atoms with E-state index in [9.17, 15) is 4.79 Å². The maximum Gasteiger partial charge on any atom is 0.210 e. The predicted octanol–water partition coefficient (Wildman–Crippen LogP) is 6.46. The lowest BCUT2D eigenvalue weighted by Crippen LogP contribution is -2.34. The molecule has 1 unspecified atom stereocenters. The van der Waals surface area contributed by atoms with Gasteiger partial charge < -0.3 is 4.90 Å². The van der Waals surface area contributed by atoms with Gasteiger partial charge in [-0.1, -0.05) is 53.0 Å². The molecule has 1 aliphatic rings. The number of halogens is 2. The van der Waals surface area contributed by atoms with Crippen molar-refractivity contribution in [2.45, 2.75) is 26.3 Å². The molecular weight excluding hydrogens is 397 g/mol. The van der Waals surface area contributed by atoms with Crippen molar-refractivity contribution >= 4 is 40.9 Å². The van der Waals surface area contributed by atoms with Gasteiger partial charge in [0.05, 0.1) is 6.04 Å². The van der Waals surface area contributed by atoms with Gasteiger partial charge in [-0.15, -0.1) is 11.3 Å². The molecule has 0 bridgehead atoms. The van der Waals surface area contributed by atoms with Gasteiger partial charge in [-0.3, -0.25) is 4.79 Å². The van der Waals surface area contributed by atoms with E-state index in [1.807, 2.05) is 61.2 Å². The Morgan fingerprint density at radius 3 is 2.37 bits per heavy atom. The highest BCUT2D eigenvalue weighted by Crippen LogP contribution is 2.40. The fraction of sp³-hybridized carbons (Fsp3) is 0.227. The van der Waals surface area contributed by atoms with Crippen molar-refractivity contribution in [3.05, 3.63) is 91.1 Å². The van der Waals surface area contributed by atoms with Gasteiger partial charge >= 0.3 is 0 Å². The molecule has 2 heterocycles. The first-order valence-corrected chi connectivity index (χ1v) is 10.4. The van der Waals surface area contributed by atoms with Crippen molar-refractivity contribution in [1.82, 2.24) is 4.90 Å². The molecule has 1 aliphatic heterocycles. The molecule has 0 fully saturated rings. The fourth-order valence-corrected chi connectivity index (χ4v) is 4.70. The quantitative estimate of drug-likeness (QED) is 0.437. The van der Waals surface area contributed by atoms with E-state index in [0.717, 1.165) is 40.5 Å². The van der Waals surface area contributed by atoms with Gasteiger partial charge in [0.1, 0.15) is 0 Å². The number of carbonyl (C=O) groups is 1. The molecule has 3 aromatic rings. The lowest BCUT2D eigenvalue weighted by molar-refractivity contribution is -0.119. The Bertz CT molecular complexity index is 899. The Morgan fingerprint density at radius 2 is 1.74 bits per heavy atom. The van der Waals surface area contributed by atoms with Crippen molar-refractivity contribution in [3.8, 4) is 0 Å². The maximum atomic E-state index is 11.3. The molecular formula is C22H21Cl2NOS. The molecule has 1 amide bonds. The number of benzene rings is 2. The topological polar surface area (TPSA) is 20.3 Å². The number of nitrogens with zero attached hydrogens (tertiary/aromatic N) is 1. The summed E-state index contributed by atoms with van der Waals surface area (Å²) in [5.41, 5.74) is 4.73. The molecule has 5 heteroatoms. The third kappa shape index (κ3) is 4.73. The van der Waals surface area contributed by atoms with Crippen LogP contribution in [0.4, 0.5) is 0 Å². The monoisotopic (exact) mass is 417 g/mol. The van der Waals surface area contributed by atoms with Crippen LogP contribution in [0.2, 0.25) is 10.0 Å². The first-order chi connectivity index (χ1) is 13.0. The van der Waals surface area contributed by atoms with E-state index in [4.69, 9.17) is 23.2 Å². The fourth-order valence-electron chi connectivity index (χ4n) is 3.14. The van der Waals surface area contributed by atoms with Crippen LogP contribution in [-0.4, -0.2) is 17.9 Å². The number of rotatable bonds is 2. The van der Waals surface area contributed by atoms with Crippen LogP contribution in [0, 0.1) is 13.8 Å². The molecule has 1 aromatic heterocycles. The summed E-state index contributed by atoms with van der Waals surface area (Å²) in [6.07, 6.45) is 1.86. The Hall–Kier alpha value is -1.81. The zero-order valence-electron chi connectivity index (χ0n) is 15.3. The van der Waals surface area contributed by atoms with Gasteiger partial charge in [0.15, 0.2) is 0 Å². The molecule has 27 heavy (non-hydrogen) atoms. The summed E-state index contributed by atoms with van der Waals surface area (Å²) in [6.45, 7) is 4.81. The van der Waals surface area contributed by atoms with Gasteiger partial charge in [0, 0.05) is 21.5 Å². The highest BCUT2D eigenvalue weighted by Gasteiger charge is 2.30. The van der Waals surface area contributed by atoms with E-state index >= 15 is 0 Å². The number of hydrogen-bond donors (Lipinski definition) is 0. The van der Waals surface area contributed by atoms with E-state index in [2.05, 4.69) is 11.4 Å². The van der Waals surface area contributed by atoms with Crippen LogP contribution in [0.15, 0.2) is 53.9 Å². The van der Waals surface area contributed by atoms with Crippen LogP contribution in [0.3, 0.4) is 0 Å². The van der Waals surface area contributed by atoms with Crippen LogP contribution >= 0.6 is 34.5 Å². The van der Waals surface area contributed by atoms with Gasteiger partial charge in [0.25, 0.3) is 0 Å². The highest BCUT2D eigenvalue weighted by atomic mass is 35.5. The zero-order valence-corrected chi connectivity index (χ0v) is 17.6. The summed E-state index contributed by atoms with van der Waals surface area (Å²) >= 11 is 13.7. The summed E-state index contributed by atoms with van der Waals surface area (Å²) in [6, 6.07) is 15.9. The van der Waals surface area contributed by atoms with Gasteiger partial charge in [-0.2, -0.15) is 0 Å². The Morgan fingerprint density at radius 1 is 1.04 bits per heavy atom. The van der Waals surface area contributed by atoms with Gasteiger partial charge in [-0.25, -0.2) is 0 Å². The summed E-state index contributed by atoms with van der Waals surface area (Å²) in [7, 11) is 0. The lowest BCUT2D eigenvalue weighted by atomic mass is 9.95. The summed E-state index contributed by atoms with van der Waals surface area (Å²) < 4.78 is 0. The second kappa shape index (κ2) is 8.92. The second-order valence-electron chi connectivity index (χ2n) is 6.63. The zero-order chi connectivity index (χ0) is 19.4. The standard InChI is InChI=1S/C15H14ClNOS.C7H7Cl/c1-10-2-3-12(13(16)8-10)14-15-11(5-7-19-15)4-6-17(14)9-18;1-6-2-4-7(8)5-3-6/h2-3,5,7-9,14H,4,6H2,1H3;2-5H,1H3. The largest absolute Gasteiger partial charge is 0.333 e. The van der Waals surface area contributed by atoms with E-state index in [1.165, 1.54) is 16.0 Å². The van der Waals surface area contributed by atoms with Crippen molar-refractivity contribution in [2.75, 3.05) is 6.54 Å². The second-order valence-corrected chi connectivity index (χ2v) is 8.42. The van der Waals surface area contributed by atoms with Crippen molar-refractivity contribution < 1.29 is 4.79 Å². The van der Waals surface area contributed by atoms with E-state index < -0.39 is 0 Å². The number of hydrogen-bond acceptors (Lipinski definition) is 2. The minimum atomic E-state index is -0.0330. The lowest BCUT2D eigenvalue weighted by Gasteiger charge is -2.33. The van der Waals surface area contributed by atoms with Crippen LogP contribution in [-0.2, 0) is 11.2 Å². The Balaban J connectivity index is 0.000000221. The highest BCUT2D eigenvalue weighted by molar-refractivity contribution is 7.10. The number of amides is 1. The van der Waals surface area contributed by atoms with Crippen LogP contribution < -0.4 is 0 Å². The predicted molar refractivity (Wildman–Crippen MR) is 115 cm³/mol. The molecule has 2 nitrogen and oxygen atoms in total. The van der Waals surface area contributed by atoms with E-state index in [-0.39, 0.29) is 6.04 Å². The van der Waals surface area contributed by atoms with Crippen molar-refractivity contribution in [3.63, 3.8) is 0 Å². The molecule has 0 aliphatic carbocycles. The minimum Gasteiger partial charge on any atom is -0.333 e. The number of carbonyl (C=O) groups excluding carboxylic acids is 1. The van der Waals surface area contributed by atoms with E-state index in [1.54, 1.807) is 11.3 Å². The smallest absolute Gasteiger partial charge is 0.210 e. The number of aryl methyl sites for hydroxylation is 2. The first-order valence-electron chi connectivity index (χ1n) is 8.75. The summed E-state index contributed by atoms with van der Waals surface area (Å²) in [5, 5.41) is 3.63. The number of fused-ring (bicyclic) bond motifs is 1. The average Bonchev–Trinajstić information content (AvgIpc) is 3.13. The van der Waals surface area contributed by atoms with Crippen LogP contribution in [0.1, 0.15) is 33.2 Å². The molecule has 1 atom stereocenters. The Kier molecular flexibility index (Phi) is 6.59. The molecule has 0 saturated carbocycles. The van der Waals surface area contributed by atoms with Crippen molar-refractivity contribution in [2.24, 2.45) is 0 Å². The maximum absolute atomic E-state index is 11.3. The molecule has 0 spiro atoms. The Labute approximate surface area is 174 Å². The molecule has 2 aromatic carbocycles. The number of thiophene rings is 1. The molecule has 4 rings (SSSR count). The van der Waals surface area contributed by atoms with Crippen LogP contribution in [0.25, 0.3) is 0 Å². The van der Waals surface area contributed by atoms with Crippen LogP contribution in [0.5, 0.6) is 0 Å². The summed E-state index contributed by atoms with van der Waals surface area (Å²) in [4.78, 5) is 14.4.